The van der Waals surface area contributed by atoms with Crippen LogP contribution in [0.25, 0.3) is 177 Å². The number of aromatic nitrogens is 4. The van der Waals surface area contributed by atoms with Crippen molar-refractivity contribution in [2.45, 2.75) is 0 Å². The molecule has 0 saturated carbocycles. The van der Waals surface area contributed by atoms with Gasteiger partial charge in [-0.1, -0.05) is 261 Å². The Balaban J connectivity index is 0.000000139. The molecule has 0 radical (unpaired) electrons. The first-order valence-electron chi connectivity index (χ1n) is 34.4. The van der Waals surface area contributed by atoms with E-state index >= 15 is 0 Å². The van der Waals surface area contributed by atoms with E-state index < -0.39 is 0 Å². The average Bonchev–Trinajstić information content (AvgIpc) is 1.61. The van der Waals surface area contributed by atoms with Crippen molar-refractivity contribution in [3.8, 4) is 89.5 Å². The number of hydrogen-bond donors (Lipinski definition) is 0. The fourth-order valence-electron chi connectivity index (χ4n) is 15.5. The molecule has 0 aliphatic rings. The molecule has 20 aromatic rings. The molecule has 0 fully saturated rings. The molecule has 0 N–H and O–H groups in total. The second-order valence-corrected chi connectivity index (χ2v) is 26.0. The van der Waals surface area contributed by atoms with Gasteiger partial charge in [0.1, 0.15) is 0 Å². The summed E-state index contributed by atoms with van der Waals surface area (Å²) in [4.78, 5) is 0. The molecular formula is C96H64N4. The third-order valence-electron chi connectivity index (χ3n) is 20.2. The summed E-state index contributed by atoms with van der Waals surface area (Å²) in [6.07, 6.45) is 0. The Bertz CT molecular complexity index is 6400. The molecule has 0 saturated heterocycles. The van der Waals surface area contributed by atoms with Crippen molar-refractivity contribution in [1.82, 2.24) is 18.3 Å². The molecule has 468 valence electrons. The van der Waals surface area contributed by atoms with Gasteiger partial charge in [-0.2, -0.15) is 0 Å². The molecule has 0 aliphatic heterocycles. The minimum atomic E-state index is 1.15. The summed E-state index contributed by atoms with van der Waals surface area (Å²) in [6.45, 7) is 0. The lowest BCUT2D eigenvalue weighted by Crippen LogP contribution is -1.96. The number of nitrogens with zero attached hydrogens (tertiary/aromatic N) is 4. The van der Waals surface area contributed by atoms with E-state index in [-0.39, 0.29) is 0 Å². The molecule has 100 heavy (non-hydrogen) atoms. The van der Waals surface area contributed by atoms with Gasteiger partial charge in [0.05, 0.1) is 44.1 Å². The number of rotatable bonds is 10. The highest BCUT2D eigenvalue weighted by Crippen LogP contribution is 2.43. The molecule has 0 unspecified atom stereocenters. The van der Waals surface area contributed by atoms with E-state index in [4.69, 9.17) is 0 Å². The smallest absolute Gasteiger partial charge is 0.0541 e. The fourth-order valence-corrected chi connectivity index (χ4v) is 15.5. The Kier molecular flexibility index (Phi) is 14.2. The van der Waals surface area contributed by atoms with E-state index in [0.717, 1.165) is 11.4 Å². The molecule has 4 aromatic heterocycles. The number of para-hydroxylation sites is 6. The largest absolute Gasteiger partial charge is 0.309 e. The molecule has 0 aliphatic carbocycles. The van der Waals surface area contributed by atoms with Crippen molar-refractivity contribution in [2.24, 2.45) is 0 Å². The monoisotopic (exact) mass is 1270 g/mol. The summed E-state index contributed by atoms with van der Waals surface area (Å²) in [6, 6.07) is 141. The van der Waals surface area contributed by atoms with Crippen LogP contribution in [0, 0.1) is 0 Å². The first-order valence-corrected chi connectivity index (χ1v) is 34.4. The Morgan fingerprint density at radius 2 is 0.320 bits per heavy atom. The van der Waals surface area contributed by atoms with Gasteiger partial charge >= 0.3 is 0 Å². The van der Waals surface area contributed by atoms with Gasteiger partial charge in [-0.25, -0.2) is 0 Å². The molecule has 0 spiro atoms. The van der Waals surface area contributed by atoms with Gasteiger partial charge in [-0.05, 0) is 194 Å². The summed E-state index contributed by atoms with van der Waals surface area (Å²) in [5.74, 6) is 0. The van der Waals surface area contributed by atoms with Crippen LogP contribution in [0.1, 0.15) is 0 Å². The molecule has 0 amide bonds. The minimum absolute atomic E-state index is 1.15. The Hall–Kier alpha value is -13.3. The van der Waals surface area contributed by atoms with Crippen molar-refractivity contribution < 1.29 is 0 Å². The molecule has 16 aromatic carbocycles. The summed E-state index contributed by atoms with van der Waals surface area (Å²) in [5.41, 5.74) is 28.9. The van der Waals surface area contributed by atoms with Gasteiger partial charge < -0.3 is 18.3 Å². The number of fused-ring (bicyclic) bond motifs is 12. The Labute approximate surface area is 579 Å². The zero-order chi connectivity index (χ0) is 66.0. The van der Waals surface area contributed by atoms with Gasteiger partial charge in [-0.3, -0.25) is 0 Å². The minimum Gasteiger partial charge on any atom is -0.309 e. The maximum absolute atomic E-state index is 2.43. The maximum atomic E-state index is 2.43. The average molecular weight is 1270 g/mol. The predicted octanol–water partition coefficient (Wildman–Crippen LogP) is 25.8. The van der Waals surface area contributed by atoms with E-state index in [2.05, 4.69) is 407 Å². The third-order valence-corrected chi connectivity index (χ3v) is 20.2. The molecule has 0 bridgehead atoms. The van der Waals surface area contributed by atoms with Gasteiger partial charge in [0, 0.05) is 65.8 Å². The molecule has 0 atom stereocenters. The van der Waals surface area contributed by atoms with Crippen molar-refractivity contribution in [1.29, 1.82) is 0 Å². The van der Waals surface area contributed by atoms with Gasteiger partial charge in [0.2, 0.25) is 0 Å². The molecule has 4 heteroatoms. The maximum Gasteiger partial charge on any atom is 0.0541 e. The summed E-state index contributed by atoms with van der Waals surface area (Å²) >= 11 is 0. The normalized spacial score (nSPS) is 11.6. The highest BCUT2D eigenvalue weighted by atomic mass is 15.0. The van der Waals surface area contributed by atoms with E-state index in [9.17, 15) is 0 Å². The van der Waals surface area contributed by atoms with E-state index in [1.807, 2.05) is 0 Å². The lowest BCUT2D eigenvalue weighted by molar-refractivity contribution is 1.18. The molecule has 20 rings (SSSR count). The van der Waals surface area contributed by atoms with Crippen LogP contribution in [-0.4, -0.2) is 18.3 Å². The predicted molar refractivity (Wildman–Crippen MR) is 423 cm³/mol. The lowest BCUT2D eigenvalue weighted by atomic mass is 9.98. The second kappa shape index (κ2) is 24.4. The van der Waals surface area contributed by atoms with Gasteiger partial charge in [0.25, 0.3) is 0 Å². The second-order valence-electron chi connectivity index (χ2n) is 26.0. The first kappa shape index (κ1) is 58.1. The third kappa shape index (κ3) is 10.1. The Morgan fingerprint density at radius 3 is 0.630 bits per heavy atom. The quantitative estimate of drug-likeness (QED) is 0.130. The van der Waals surface area contributed by atoms with Crippen LogP contribution in [0.5, 0.6) is 0 Å². The summed E-state index contributed by atoms with van der Waals surface area (Å²) in [7, 11) is 0. The van der Waals surface area contributed by atoms with Crippen LogP contribution in [0.2, 0.25) is 0 Å². The first-order chi connectivity index (χ1) is 49.6. The van der Waals surface area contributed by atoms with Crippen molar-refractivity contribution in [3.05, 3.63) is 388 Å². The van der Waals surface area contributed by atoms with Crippen LogP contribution in [0.4, 0.5) is 0 Å². The van der Waals surface area contributed by atoms with E-state index in [1.165, 1.54) is 165 Å². The van der Waals surface area contributed by atoms with Crippen LogP contribution in [0.3, 0.4) is 0 Å². The lowest BCUT2D eigenvalue weighted by Gasteiger charge is -2.14. The van der Waals surface area contributed by atoms with Crippen LogP contribution in [-0.2, 0) is 0 Å². The van der Waals surface area contributed by atoms with E-state index in [1.54, 1.807) is 0 Å². The van der Waals surface area contributed by atoms with Crippen molar-refractivity contribution in [3.63, 3.8) is 0 Å². The molecule has 4 nitrogen and oxygen atoms in total. The zero-order valence-electron chi connectivity index (χ0n) is 54.7. The standard InChI is InChI=1S/2C48H32N2/c1-4-14-33(15-5-1)37-28-38(34-16-6-2-7-17-34)30-40(29-37)50-46-23-13-11-21-42(46)44-32-36(25-27-48(44)50)35-24-26-47-43(31-35)41-20-10-12-22-45(41)49(47)39-18-8-3-9-19-39;1-3-11-33(12-4-1)34-19-21-35(22-20-34)36-23-27-40(28-24-36)50-46-18-10-8-16-42(46)44-32-38(26-30-48(44)50)37-25-29-47-43(31-37)41-15-7-9-17-45(41)49(47)39-13-5-2-6-14-39/h2*1-32H. The fraction of sp³-hybridized carbons (Fsp3) is 0. The van der Waals surface area contributed by atoms with Gasteiger partial charge in [-0.15, -0.1) is 0 Å². The zero-order valence-corrected chi connectivity index (χ0v) is 54.7. The van der Waals surface area contributed by atoms with Crippen molar-refractivity contribution in [2.75, 3.05) is 0 Å². The summed E-state index contributed by atoms with van der Waals surface area (Å²) < 4.78 is 9.58. The number of hydrogen-bond acceptors (Lipinski definition) is 0. The van der Waals surface area contributed by atoms with Crippen LogP contribution < -0.4 is 0 Å². The van der Waals surface area contributed by atoms with Crippen LogP contribution in [0.15, 0.2) is 388 Å². The number of benzene rings is 16. The highest BCUT2D eigenvalue weighted by molar-refractivity contribution is 6.15. The topological polar surface area (TPSA) is 19.7 Å². The van der Waals surface area contributed by atoms with Gasteiger partial charge in [0.15, 0.2) is 0 Å². The summed E-state index contributed by atoms with van der Waals surface area (Å²) in [5, 5.41) is 10.1. The van der Waals surface area contributed by atoms with Crippen molar-refractivity contribution >= 4 is 87.2 Å². The molecule has 4 heterocycles. The highest BCUT2D eigenvalue weighted by Gasteiger charge is 2.20. The Morgan fingerprint density at radius 1 is 0.110 bits per heavy atom. The van der Waals surface area contributed by atoms with E-state index in [0.29, 0.717) is 0 Å². The SMILES string of the molecule is c1ccc(-c2cc(-c3ccccc3)cc(-n3c4ccccc4c4cc(-c5ccc6c(c5)c5ccccc5n6-c5ccccc5)ccc43)c2)cc1.c1ccc(-c2ccc(-c3ccc(-n4c5ccccc5c5cc(-c6ccc7c(c6)c6ccccc6n7-c6ccccc6)ccc54)cc3)cc2)cc1. The van der Waals surface area contributed by atoms with Crippen LogP contribution >= 0.6 is 0 Å². The molecular weight excluding hydrogens is 1210 g/mol.